The van der Waals surface area contributed by atoms with Crippen LogP contribution >= 0.6 is 0 Å². The Bertz CT molecular complexity index is 776. The summed E-state index contributed by atoms with van der Waals surface area (Å²) in [5, 5.41) is 3.02. The average molecular weight is 410 g/mol. The third-order valence-corrected chi connectivity index (χ3v) is 5.49. The van der Waals surface area contributed by atoms with Crippen molar-refractivity contribution in [3.8, 4) is 5.75 Å². The fourth-order valence-electron chi connectivity index (χ4n) is 3.57. The number of nitrogens with one attached hydrogen (secondary N) is 1. The molecule has 5 heteroatoms. The van der Waals surface area contributed by atoms with Crippen LogP contribution in [0.1, 0.15) is 38.3 Å². The lowest BCUT2D eigenvalue weighted by Gasteiger charge is -2.34. The highest BCUT2D eigenvalue weighted by molar-refractivity contribution is 5.74. The van der Waals surface area contributed by atoms with Crippen LogP contribution in [0.3, 0.4) is 0 Å². The second-order valence-electron chi connectivity index (χ2n) is 8.96. The molecule has 0 aromatic heterocycles. The zero-order valence-electron chi connectivity index (χ0n) is 18.6. The molecule has 1 saturated heterocycles. The highest BCUT2D eigenvalue weighted by Crippen LogP contribution is 2.24. The number of nitrogens with zero attached hydrogens (tertiary/aromatic N) is 2. The van der Waals surface area contributed by atoms with Gasteiger partial charge in [-0.15, -0.1) is 0 Å². The van der Waals surface area contributed by atoms with Crippen LogP contribution in [0.15, 0.2) is 54.6 Å². The third-order valence-electron chi connectivity index (χ3n) is 5.49. The number of hydrogen-bond acceptors (Lipinski definition) is 3. The molecule has 1 aliphatic heterocycles. The van der Waals surface area contributed by atoms with E-state index >= 15 is 0 Å². The van der Waals surface area contributed by atoms with E-state index in [0.717, 1.165) is 44.9 Å². The topological polar surface area (TPSA) is 44.8 Å². The Morgan fingerprint density at radius 3 is 2.27 bits per heavy atom. The van der Waals surface area contributed by atoms with E-state index in [-0.39, 0.29) is 11.4 Å². The molecule has 1 fully saturated rings. The first kappa shape index (κ1) is 22.2. The highest BCUT2D eigenvalue weighted by Gasteiger charge is 2.20. The van der Waals surface area contributed by atoms with Crippen LogP contribution < -0.4 is 10.1 Å². The lowest BCUT2D eigenvalue weighted by atomic mass is 9.87. The number of carbonyl (C=O) groups excluding carboxylic acids is 1. The number of urea groups is 1. The molecule has 3 rings (SSSR count). The number of rotatable bonds is 7. The van der Waals surface area contributed by atoms with Gasteiger partial charge in [0.05, 0.1) is 6.61 Å². The molecule has 0 bridgehead atoms. The first-order valence-electron chi connectivity index (χ1n) is 10.9. The number of hydrogen-bond donors (Lipinski definition) is 1. The monoisotopic (exact) mass is 409 g/mol. The minimum atomic E-state index is 0.0314. The Kier molecular flexibility index (Phi) is 7.75. The predicted molar refractivity (Wildman–Crippen MR) is 122 cm³/mol. The highest BCUT2D eigenvalue weighted by atomic mass is 16.5. The van der Waals surface area contributed by atoms with Crippen LogP contribution in [0.25, 0.3) is 0 Å². The Morgan fingerprint density at radius 2 is 1.63 bits per heavy atom. The van der Waals surface area contributed by atoms with Crippen molar-refractivity contribution in [2.24, 2.45) is 0 Å². The molecular formula is C25H35N3O2. The van der Waals surface area contributed by atoms with Crippen molar-refractivity contribution in [2.75, 3.05) is 39.3 Å². The maximum atomic E-state index is 12.4. The average Bonchev–Trinajstić information content (AvgIpc) is 2.74. The summed E-state index contributed by atoms with van der Waals surface area (Å²) in [4.78, 5) is 16.7. The van der Waals surface area contributed by atoms with Gasteiger partial charge < -0.3 is 15.0 Å². The van der Waals surface area contributed by atoms with Gasteiger partial charge in [0.1, 0.15) is 5.75 Å². The summed E-state index contributed by atoms with van der Waals surface area (Å²) in [6, 6.07) is 18.8. The SMILES string of the molecule is CC(C)(C)c1ccc(OCCCNC(=O)N2CCN(Cc3ccccc3)CC2)cc1. The fraction of sp³-hybridized carbons (Fsp3) is 0.480. The molecule has 1 aliphatic rings. The van der Waals surface area contributed by atoms with E-state index in [0.29, 0.717) is 13.2 Å². The van der Waals surface area contributed by atoms with Gasteiger partial charge in [0.15, 0.2) is 0 Å². The van der Waals surface area contributed by atoms with Crippen molar-refractivity contribution in [1.82, 2.24) is 15.1 Å². The standard InChI is InChI=1S/C25H35N3O2/c1-25(2,3)22-10-12-23(13-11-22)30-19-7-14-26-24(29)28-17-15-27(16-18-28)20-21-8-5-4-6-9-21/h4-6,8-13H,7,14-20H2,1-3H3,(H,26,29). The van der Waals surface area contributed by atoms with Gasteiger partial charge in [-0.3, -0.25) is 4.90 Å². The predicted octanol–water partition coefficient (Wildman–Crippen LogP) is 4.28. The van der Waals surface area contributed by atoms with Crippen molar-refractivity contribution in [1.29, 1.82) is 0 Å². The van der Waals surface area contributed by atoms with E-state index < -0.39 is 0 Å². The van der Waals surface area contributed by atoms with Crippen LogP contribution in [-0.4, -0.2) is 55.2 Å². The molecule has 0 radical (unpaired) electrons. The molecule has 2 aromatic rings. The van der Waals surface area contributed by atoms with Gasteiger partial charge in [-0.1, -0.05) is 63.2 Å². The van der Waals surface area contributed by atoms with Crippen LogP contribution in [0.5, 0.6) is 5.75 Å². The molecule has 0 aliphatic carbocycles. The van der Waals surface area contributed by atoms with Crippen LogP contribution in [0.4, 0.5) is 4.79 Å². The lowest BCUT2D eigenvalue weighted by Crippen LogP contribution is -2.51. The van der Waals surface area contributed by atoms with Gasteiger partial charge in [0, 0.05) is 39.3 Å². The molecule has 0 atom stereocenters. The van der Waals surface area contributed by atoms with Gasteiger partial charge in [0.2, 0.25) is 0 Å². The summed E-state index contributed by atoms with van der Waals surface area (Å²) in [6.45, 7) is 12.2. The number of carbonyl (C=O) groups is 1. The summed E-state index contributed by atoms with van der Waals surface area (Å²) in [7, 11) is 0. The van der Waals surface area contributed by atoms with E-state index in [2.05, 4.69) is 67.4 Å². The molecule has 162 valence electrons. The first-order chi connectivity index (χ1) is 14.4. The summed E-state index contributed by atoms with van der Waals surface area (Å²) < 4.78 is 5.80. The van der Waals surface area contributed by atoms with E-state index in [1.54, 1.807) is 0 Å². The molecule has 1 heterocycles. The molecular weight excluding hydrogens is 374 g/mol. The second kappa shape index (κ2) is 10.5. The van der Waals surface area contributed by atoms with Crippen molar-refractivity contribution in [3.05, 3.63) is 65.7 Å². The zero-order valence-corrected chi connectivity index (χ0v) is 18.6. The van der Waals surface area contributed by atoms with Gasteiger partial charge >= 0.3 is 6.03 Å². The molecule has 30 heavy (non-hydrogen) atoms. The Morgan fingerprint density at radius 1 is 0.967 bits per heavy atom. The molecule has 0 saturated carbocycles. The number of piperazine rings is 1. The zero-order chi connectivity index (χ0) is 21.4. The third kappa shape index (κ3) is 6.77. The summed E-state index contributed by atoms with van der Waals surface area (Å²) in [5.41, 5.74) is 2.77. The maximum Gasteiger partial charge on any atom is 0.317 e. The van der Waals surface area contributed by atoms with Crippen LogP contribution in [0, 0.1) is 0 Å². The lowest BCUT2D eigenvalue weighted by molar-refractivity contribution is 0.135. The molecule has 0 spiro atoms. The van der Waals surface area contributed by atoms with E-state index in [1.807, 2.05) is 23.1 Å². The summed E-state index contributed by atoms with van der Waals surface area (Å²) in [6.07, 6.45) is 0.792. The first-order valence-corrected chi connectivity index (χ1v) is 10.9. The molecule has 2 aromatic carbocycles. The van der Waals surface area contributed by atoms with Crippen LogP contribution in [0.2, 0.25) is 0 Å². The number of ether oxygens (including phenoxy) is 1. The molecule has 1 N–H and O–H groups in total. The summed E-state index contributed by atoms with van der Waals surface area (Å²) >= 11 is 0. The van der Waals surface area contributed by atoms with Crippen LogP contribution in [-0.2, 0) is 12.0 Å². The van der Waals surface area contributed by atoms with Gasteiger partial charge in [0.25, 0.3) is 0 Å². The Labute approximate surface area is 181 Å². The van der Waals surface area contributed by atoms with E-state index in [1.165, 1.54) is 11.1 Å². The second-order valence-corrected chi connectivity index (χ2v) is 8.96. The quantitative estimate of drug-likeness (QED) is 0.694. The molecule has 0 unspecified atom stereocenters. The normalized spacial score (nSPS) is 15.1. The van der Waals surface area contributed by atoms with Gasteiger partial charge in [-0.05, 0) is 35.1 Å². The number of amides is 2. The minimum Gasteiger partial charge on any atom is -0.494 e. The Balaban J connectivity index is 1.29. The van der Waals surface area contributed by atoms with Crippen molar-refractivity contribution in [2.45, 2.75) is 39.2 Å². The van der Waals surface area contributed by atoms with Gasteiger partial charge in [-0.25, -0.2) is 4.79 Å². The van der Waals surface area contributed by atoms with Crippen molar-refractivity contribution >= 4 is 6.03 Å². The Hall–Kier alpha value is -2.53. The maximum absolute atomic E-state index is 12.4. The van der Waals surface area contributed by atoms with Crippen molar-refractivity contribution in [3.63, 3.8) is 0 Å². The van der Waals surface area contributed by atoms with Gasteiger partial charge in [-0.2, -0.15) is 0 Å². The minimum absolute atomic E-state index is 0.0314. The van der Waals surface area contributed by atoms with E-state index in [9.17, 15) is 4.79 Å². The largest absolute Gasteiger partial charge is 0.494 e. The van der Waals surface area contributed by atoms with Crippen molar-refractivity contribution < 1.29 is 9.53 Å². The smallest absolute Gasteiger partial charge is 0.317 e. The molecule has 5 nitrogen and oxygen atoms in total. The molecule has 2 amide bonds. The van der Waals surface area contributed by atoms with E-state index in [4.69, 9.17) is 4.74 Å². The fourth-order valence-corrected chi connectivity index (χ4v) is 3.57. The number of benzene rings is 2. The summed E-state index contributed by atoms with van der Waals surface area (Å²) in [5.74, 6) is 0.879.